The molecule has 0 N–H and O–H groups in total. The van der Waals surface area contributed by atoms with Gasteiger partial charge in [0.05, 0.1) is 13.0 Å². The number of methoxy groups -OCH3 is 2. The minimum atomic E-state index is -0.894. The molecular formula is C11H14O3. The Morgan fingerprint density at radius 1 is 1.14 bits per heavy atom. The zero-order valence-corrected chi connectivity index (χ0v) is 8.45. The van der Waals surface area contributed by atoms with Crippen molar-refractivity contribution in [3.63, 3.8) is 0 Å². The van der Waals surface area contributed by atoms with E-state index in [1.54, 1.807) is 14.2 Å². The highest BCUT2D eigenvalue weighted by Crippen LogP contribution is 2.28. The molecule has 2 rings (SSSR count). The lowest BCUT2D eigenvalue weighted by Gasteiger charge is -2.34. The Kier molecular flexibility index (Phi) is 2.54. The Bertz CT molecular complexity index is 318. The highest BCUT2D eigenvalue weighted by molar-refractivity contribution is 5.28. The number of hydrogen-bond donors (Lipinski definition) is 0. The second-order valence-electron chi connectivity index (χ2n) is 3.33. The van der Waals surface area contributed by atoms with Crippen molar-refractivity contribution in [3.8, 4) is 0 Å². The summed E-state index contributed by atoms with van der Waals surface area (Å²) in [5, 5.41) is 0. The predicted octanol–water partition coefficient (Wildman–Crippen LogP) is 1.71. The van der Waals surface area contributed by atoms with Crippen molar-refractivity contribution in [1.29, 1.82) is 0 Å². The summed E-state index contributed by atoms with van der Waals surface area (Å²) in [5.74, 6) is -0.894. The van der Waals surface area contributed by atoms with Crippen LogP contribution in [0.2, 0.25) is 0 Å². The molecule has 0 radical (unpaired) electrons. The first-order valence-corrected chi connectivity index (χ1v) is 4.61. The lowest BCUT2D eigenvalue weighted by molar-refractivity contribution is -0.370. The van der Waals surface area contributed by atoms with Gasteiger partial charge in [0.15, 0.2) is 0 Å². The topological polar surface area (TPSA) is 27.7 Å². The summed E-state index contributed by atoms with van der Waals surface area (Å²) in [6, 6.07) is 8.16. The predicted molar refractivity (Wildman–Crippen MR) is 51.7 cm³/mol. The van der Waals surface area contributed by atoms with E-state index < -0.39 is 5.97 Å². The van der Waals surface area contributed by atoms with Gasteiger partial charge >= 0.3 is 0 Å². The van der Waals surface area contributed by atoms with Crippen LogP contribution in [0.25, 0.3) is 0 Å². The first-order valence-electron chi connectivity index (χ1n) is 4.61. The van der Waals surface area contributed by atoms with Gasteiger partial charge in [-0.05, 0) is 11.1 Å². The molecule has 0 bridgehead atoms. The molecule has 0 unspecified atom stereocenters. The average molecular weight is 194 g/mol. The summed E-state index contributed by atoms with van der Waals surface area (Å²) in [7, 11) is 3.19. The van der Waals surface area contributed by atoms with Crippen LogP contribution >= 0.6 is 0 Å². The van der Waals surface area contributed by atoms with Gasteiger partial charge in [0.1, 0.15) is 0 Å². The lowest BCUT2D eigenvalue weighted by atomic mass is 10.0. The quantitative estimate of drug-likeness (QED) is 0.671. The molecule has 14 heavy (non-hydrogen) atoms. The van der Waals surface area contributed by atoms with E-state index in [0.717, 1.165) is 0 Å². The Morgan fingerprint density at radius 3 is 2.43 bits per heavy atom. The maximum Gasteiger partial charge on any atom is 0.286 e. The molecule has 0 spiro atoms. The van der Waals surface area contributed by atoms with Crippen LogP contribution in [0.4, 0.5) is 0 Å². The Labute approximate surface area is 83.6 Å². The zero-order valence-electron chi connectivity index (χ0n) is 8.45. The van der Waals surface area contributed by atoms with Gasteiger partial charge in [-0.1, -0.05) is 24.3 Å². The molecule has 0 atom stereocenters. The Morgan fingerprint density at radius 2 is 1.79 bits per heavy atom. The highest BCUT2D eigenvalue weighted by Gasteiger charge is 2.35. The molecule has 0 aromatic heterocycles. The smallest absolute Gasteiger partial charge is 0.286 e. The standard InChI is InChI=1S/C11H14O3/c1-12-11(13-2)7-9-5-3-4-6-10(9)8-14-11/h3-6H,7-8H2,1-2H3. The fourth-order valence-corrected chi connectivity index (χ4v) is 1.69. The van der Waals surface area contributed by atoms with Crippen LogP contribution in [-0.2, 0) is 27.2 Å². The molecule has 0 saturated heterocycles. The maximum absolute atomic E-state index is 5.55. The van der Waals surface area contributed by atoms with Gasteiger partial charge in [0.2, 0.25) is 0 Å². The summed E-state index contributed by atoms with van der Waals surface area (Å²) >= 11 is 0. The Hall–Kier alpha value is -0.900. The van der Waals surface area contributed by atoms with Crippen molar-refractivity contribution in [2.75, 3.05) is 14.2 Å². The van der Waals surface area contributed by atoms with Gasteiger partial charge in [-0.25, -0.2) is 0 Å². The van der Waals surface area contributed by atoms with E-state index in [1.807, 2.05) is 12.1 Å². The normalized spacial score (nSPS) is 19.0. The molecule has 1 aliphatic heterocycles. The van der Waals surface area contributed by atoms with E-state index in [1.165, 1.54) is 11.1 Å². The SMILES string of the molecule is COC1(OC)Cc2ccccc2CO1. The molecule has 1 heterocycles. The maximum atomic E-state index is 5.55. The van der Waals surface area contributed by atoms with Gasteiger partial charge in [-0.15, -0.1) is 0 Å². The number of fused-ring (bicyclic) bond motifs is 1. The molecule has 3 nitrogen and oxygen atoms in total. The van der Waals surface area contributed by atoms with Crippen LogP contribution in [0.5, 0.6) is 0 Å². The summed E-state index contributed by atoms with van der Waals surface area (Å²) in [6.07, 6.45) is 0.635. The molecule has 0 amide bonds. The second-order valence-corrected chi connectivity index (χ2v) is 3.33. The number of benzene rings is 1. The molecular weight excluding hydrogens is 180 g/mol. The van der Waals surface area contributed by atoms with Crippen molar-refractivity contribution in [2.45, 2.75) is 19.0 Å². The lowest BCUT2D eigenvalue weighted by Crippen LogP contribution is -2.42. The van der Waals surface area contributed by atoms with Crippen LogP contribution < -0.4 is 0 Å². The monoisotopic (exact) mass is 194 g/mol. The third kappa shape index (κ3) is 1.54. The molecule has 76 valence electrons. The van der Waals surface area contributed by atoms with Gasteiger partial charge in [0.25, 0.3) is 5.97 Å². The Balaban J connectivity index is 2.28. The van der Waals surface area contributed by atoms with Crippen LogP contribution in [-0.4, -0.2) is 20.2 Å². The third-order valence-electron chi connectivity index (χ3n) is 2.59. The molecule has 0 fully saturated rings. The van der Waals surface area contributed by atoms with Crippen molar-refractivity contribution in [3.05, 3.63) is 35.4 Å². The summed E-state index contributed by atoms with van der Waals surface area (Å²) in [5.41, 5.74) is 2.43. The molecule has 1 aromatic carbocycles. The fourth-order valence-electron chi connectivity index (χ4n) is 1.69. The summed E-state index contributed by atoms with van der Waals surface area (Å²) in [4.78, 5) is 0. The third-order valence-corrected chi connectivity index (χ3v) is 2.59. The van der Waals surface area contributed by atoms with Crippen molar-refractivity contribution in [1.82, 2.24) is 0 Å². The van der Waals surface area contributed by atoms with Crippen molar-refractivity contribution in [2.24, 2.45) is 0 Å². The van der Waals surface area contributed by atoms with Gasteiger partial charge in [-0.3, -0.25) is 0 Å². The first-order chi connectivity index (χ1) is 6.79. The van der Waals surface area contributed by atoms with Crippen molar-refractivity contribution < 1.29 is 14.2 Å². The molecule has 1 aliphatic rings. The van der Waals surface area contributed by atoms with E-state index >= 15 is 0 Å². The van der Waals surface area contributed by atoms with Crippen LogP contribution in [0.3, 0.4) is 0 Å². The van der Waals surface area contributed by atoms with Crippen LogP contribution in [0.15, 0.2) is 24.3 Å². The second kappa shape index (κ2) is 3.69. The van der Waals surface area contributed by atoms with E-state index in [9.17, 15) is 0 Å². The van der Waals surface area contributed by atoms with Crippen LogP contribution in [0, 0.1) is 0 Å². The minimum Gasteiger partial charge on any atom is -0.331 e. The summed E-state index contributed by atoms with van der Waals surface area (Å²) < 4.78 is 16.0. The van der Waals surface area contributed by atoms with Gasteiger partial charge in [0, 0.05) is 14.2 Å². The number of hydrogen-bond acceptors (Lipinski definition) is 3. The number of ether oxygens (including phenoxy) is 3. The number of rotatable bonds is 2. The van der Waals surface area contributed by atoms with E-state index in [0.29, 0.717) is 13.0 Å². The highest BCUT2D eigenvalue weighted by atomic mass is 16.9. The van der Waals surface area contributed by atoms with Crippen LogP contribution in [0.1, 0.15) is 11.1 Å². The minimum absolute atomic E-state index is 0.540. The van der Waals surface area contributed by atoms with E-state index in [4.69, 9.17) is 14.2 Å². The van der Waals surface area contributed by atoms with E-state index in [2.05, 4.69) is 12.1 Å². The largest absolute Gasteiger partial charge is 0.331 e. The molecule has 1 aromatic rings. The van der Waals surface area contributed by atoms with E-state index in [-0.39, 0.29) is 0 Å². The first kappa shape index (κ1) is 9.65. The molecule has 0 saturated carbocycles. The van der Waals surface area contributed by atoms with Crippen molar-refractivity contribution >= 4 is 0 Å². The average Bonchev–Trinajstić information content (AvgIpc) is 2.28. The molecule has 3 heteroatoms. The zero-order chi connectivity index (χ0) is 10.0. The van der Waals surface area contributed by atoms with Gasteiger partial charge in [-0.2, -0.15) is 0 Å². The summed E-state index contributed by atoms with van der Waals surface area (Å²) in [6.45, 7) is 0.540. The molecule has 0 aliphatic carbocycles. The fraction of sp³-hybridized carbons (Fsp3) is 0.455. The van der Waals surface area contributed by atoms with Gasteiger partial charge < -0.3 is 14.2 Å².